The summed E-state index contributed by atoms with van der Waals surface area (Å²) in [5.74, 6) is 0.693. The molecule has 9 aromatic carbocycles. The second kappa shape index (κ2) is 13.9. The predicted octanol–water partition coefficient (Wildman–Crippen LogP) is 15.2. The van der Waals surface area contributed by atoms with Gasteiger partial charge in [-0.05, 0) is 98.6 Å². The monoisotopic (exact) mass is 778 g/mol. The van der Waals surface area contributed by atoms with E-state index < -0.39 is 0 Å². The summed E-state index contributed by atoms with van der Waals surface area (Å²) in [7, 11) is 0. The normalized spacial score (nSPS) is 14.4. The fourth-order valence-corrected chi connectivity index (χ4v) is 9.71. The molecule has 0 radical (unpaired) electrons. The summed E-state index contributed by atoms with van der Waals surface area (Å²) in [6.07, 6.45) is 0. The summed E-state index contributed by atoms with van der Waals surface area (Å²) in [6.45, 7) is 2.36. The number of aromatic nitrogens is 2. The van der Waals surface area contributed by atoms with Crippen molar-refractivity contribution in [3.63, 3.8) is 0 Å². The van der Waals surface area contributed by atoms with Gasteiger partial charge in [0.25, 0.3) is 0 Å². The lowest BCUT2D eigenvalue weighted by Crippen LogP contribution is -2.22. The van der Waals surface area contributed by atoms with Gasteiger partial charge in [-0.2, -0.15) is 0 Å². The summed E-state index contributed by atoms with van der Waals surface area (Å²) in [5.41, 5.74) is 17.0. The van der Waals surface area contributed by atoms with Gasteiger partial charge in [-0.15, -0.1) is 0 Å². The van der Waals surface area contributed by atoms with Crippen molar-refractivity contribution < 1.29 is 4.42 Å². The quantitative estimate of drug-likeness (QED) is 0.169. The molecule has 286 valence electrons. The highest BCUT2D eigenvalue weighted by molar-refractivity contribution is 6.14. The van der Waals surface area contributed by atoms with Gasteiger partial charge in [0, 0.05) is 38.4 Å². The van der Waals surface area contributed by atoms with Crippen molar-refractivity contribution in [3.8, 4) is 67.3 Å². The summed E-state index contributed by atoms with van der Waals surface area (Å²) in [6, 6.07) is 75.7. The Labute approximate surface area is 354 Å². The first-order valence-electron chi connectivity index (χ1n) is 20.9. The van der Waals surface area contributed by atoms with Crippen molar-refractivity contribution in [2.75, 3.05) is 0 Å². The third-order valence-corrected chi connectivity index (χ3v) is 12.7. The van der Waals surface area contributed by atoms with E-state index in [1.54, 1.807) is 0 Å². The van der Waals surface area contributed by atoms with Crippen LogP contribution in [-0.4, -0.2) is 9.97 Å². The Hall–Kier alpha value is -7.88. The fraction of sp³-hybridized carbons (Fsp3) is 0.0345. The molecule has 61 heavy (non-hydrogen) atoms. The minimum Gasteiger partial charge on any atom is -0.455 e. The third kappa shape index (κ3) is 5.66. The van der Waals surface area contributed by atoms with Crippen molar-refractivity contribution in [3.05, 3.63) is 229 Å². The van der Waals surface area contributed by atoms with Gasteiger partial charge in [-0.1, -0.05) is 176 Å². The molecule has 1 aliphatic carbocycles. The molecule has 3 heteroatoms. The molecule has 0 aliphatic heterocycles. The van der Waals surface area contributed by atoms with E-state index in [1.165, 1.54) is 33.2 Å². The lowest BCUT2D eigenvalue weighted by Gasteiger charge is -2.28. The van der Waals surface area contributed by atoms with E-state index in [1.807, 2.05) is 6.07 Å². The zero-order chi connectivity index (χ0) is 40.5. The van der Waals surface area contributed by atoms with E-state index >= 15 is 0 Å². The van der Waals surface area contributed by atoms with Gasteiger partial charge in [-0.25, -0.2) is 9.97 Å². The van der Waals surface area contributed by atoms with Crippen molar-refractivity contribution in [1.82, 2.24) is 9.97 Å². The largest absolute Gasteiger partial charge is 0.455 e. The van der Waals surface area contributed by atoms with Crippen LogP contribution in [0, 0.1) is 0 Å². The number of hydrogen-bond donors (Lipinski definition) is 0. The van der Waals surface area contributed by atoms with Gasteiger partial charge in [-0.3, -0.25) is 0 Å². The van der Waals surface area contributed by atoms with Crippen molar-refractivity contribution >= 4 is 32.7 Å². The molecule has 3 nitrogen and oxygen atoms in total. The number of benzene rings is 9. The van der Waals surface area contributed by atoms with Crippen molar-refractivity contribution in [2.24, 2.45) is 0 Å². The molecule has 0 bridgehead atoms. The SMILES string of the molecule is CC1(c2ccccc2)c2ccccc2-c2c(-c3cc(-c4cccc(-c5cc(-c6ccccc6)c6oc7cc8ccccc8cc7c6c5)c4)nc(-c4ccccc4)n3)cccc21. The average molecular weight is 779 g/mol. The van der Waals surface area contributed by atoms with E-state index in [2.05, 4.69) is 213 Å². The second-order valence-electron chi connectivity index (χ2n) is 16.2. The molecule has 11 aromatic rings. The molecule has 1 unspecified atom stereocenters. The van der Waals surface area contributed by atoms with E-state index in [4.69, 9.17) is 14.4 Å². The molecule has 0 saturated heterocycles. The number of furan rings is 1. The highest BCUT2D eigenvalue weighted by Gasteiger charge is 2.41. The molecule has 2 aromatic heterocycles. The van der Waals surface area contributed by atoms with Crippen LogP contribution in [0.5, 0.6) is 0 Å². The first-order valence-corrected chi connectivity index (χ1v) is 20.9. The van der Waals surface area contributed by atoms with Gasteiger partial charge in [0.15, 0.2) is 5.82 Å². The zero-order valence-corrected chi connectivity index (χ0v) is 33.5. The van der Waals surface area contributed by atoms with Gasteiger partial charge >= 0.3 is 0 Å². The smallest absolute Gasteiger partial charge is 0.160 e. The molecule has 12 rings (SSSR count). The number of rotatable bonds is 6. The summed E-state index contributed by atoms with van der Waals surface area (Å²) >= 11 is 0. The second-order valence-corrected chi connectivity index (χ2v) is 16.2. The predicted molar refractivity (Wildman–Crippen MR) is 251 cm³/mol. The highest BCUT2D eigenvalue weighted by Crippen LogP contribution is 2.55. The first-order chi connectivity index (χ1) is 30.1. The van der Waals surface area contributed by atoms with Crippen molar-refractivity contribution in [1.29, 1.82) is 0 Å². The van der Waals surface area contributed by atoms with Crippen LogP contribution in [0.1, 0.15) is 23.6 Å². The zero-order valence-electron chi connectivity index (χ0n) is 33.5. The number of fused-ring (bicyclic) bond motifs is 7. The molecular formula is C58H38N2O. The highest BCUT2D eigenvalue weighted by atomic mass is 16.3. The molecule has 2 heterocycles. The van der Waals surface area contributed by atoms with Crippen LogP contribution in [0.3, 0.4) is 0 Å². The summed E-state index contributed by atoms with van der Waals surface area (Å²) < 4.78 is 6.72. The van der Waals surface area contributed by atoms with Crippen LogP contribution in [0.4, 0.5) is 0 Å². The Bertz CT molecular complexity index is 3480. The maximum absolute atomic E-state index is 6.72. The lowest BCUT2D eigenvalue weighted by molar-refractivity contribution is 0.670. The van der Waals surface area contributed by atoms with E-state index in [0.717, 1.165) is 77.7 Å². The molecule has 0 N–H and O–H groups in total. The van der Waals surface area contributed by atoms with Crippen LogP contribution in [0.2, 0.25) is 0 Å². The van der Waals surface area contributed by atoms with Gasteiger partial charge in [0.05, 0.1) is 11.4 Å². The summed E-state index contributed by atoms with van der Waals surface area (Å²) in [4.78, 5) is 10.7. The van der Waals surface area contributed by atoms with E-state index in [-0.39, 0.29) is 5.41 Å². The maximum atomic E-state index is 6.72. The number of nitrogens with zero attached hydrogens (tertiary/aromatic N) is 2. The van der Waals surface area contributed by atoms with Crippen LogP contribution < -0.4 is 0 Å². The van der Waals surface area contributed by atoms with Gasteiger partial charge < -0.3 is 4.42 Å². The first kappa shape index (κ1) is 35.1. The van der Waals surface area contributed by atoms with E-state index in [0.29, 0.717) is 5.82 Å². The molecule has 0 amide bonds. The van der Waals surface area contributed by atoms with Crippen LogP contribution in [0.25, 0.3) is 100.0 Å². The fourth-order valence-electron chi connectivity index (χ4n) is 9.71. The minimum absolute atomic E-state index is 0.317. The van der Waals surface area contributed by atoms with Crippen LogP contribution in [0.15, 0.2) is 217 Å². The Morgan fingerprint density at radius 3 is 1.80 bits per heavy atom. The van der Waals surface area contributed by atoms with Gasteiger partial charge in [0.2, 0.25) is 0 Å². The standard InChI is InChI=1S/C58H38N2O/c1-58(44-25-9-4-10-26-44)50-29-14-13-27-45(50)55-46(28-16-30-51(55)58)53-36-52(59-57(60-53)38-19-7-3-8-20-38)42-24-15-23-39(31-42)43-33-47(37-17-5-2-6-18-37)56-49(34-43)48-32-40-21-11-12-22-41(40)35-54(48)61-56/h2-36H,1H3. The minimum atomic E-state index is -0.317. The molecular weight excluding hydrogens is 741 g/mol. The van der Waals surface area contributed by atoms with Gasteiger partial charge in [0.1, 0.15) is 11.2 Å². The molecule has 1 atom stereocenters. The Morgan fingerprint density at radius 1 is 0.393 bits per heavy atom. The van der Waals surface area contributed by atoms with E-state index in [9.17, 15) is 0 Å². The topological polar surface area (TPSA) is 38.9 Å². The molecule has 0 saturated carbocycles. The van der Waals surface area contributed by atoms with Crippen LogP contribution in [-0.2, 0) is 5.41 Å². The Kier molecular flexibility index (Phi) is 7.98. The van der Waals surface area contributed by atoms with Crippen LogP contribution >= 0.6 is 0 Å². The maximum Gasteiger partial charge on any atom is 0.160 e. The third-order valence-electron chi connectivity index (χ3n) is 12.7. The molecule has 0 fully saturated rings. The van der Waals surface area contributed by atoms with Crippen molar-refractivity contribution in [2.45, 2.75) is 12.3 Å². The average Bonchev–Trinajstić information content (AvgIpc) is 3.83. The molecule has 1 aliphatic rings. The summed E-state index contributed by atoms with van der Waals surface area (Å²) in [5, 5.41) is 4.56. The number of hydrogen-bond acceptors (Lipinski definition) is 3. The Morgan fingerprint density at radius 2 is 1.00 bits per heavy atom. The molecule has 0 spiro atoms. The Balaban J connectivity index is 1.05. The lowest BCUT2D eigenvalue weighted by atomic mass is 9.74.